The highest BCUT2D eigenvalue weighted by atomic mass is 16.5. The normalized spacial score (nSPS) is 26.9. The first kappa shape index (κ1) is 24.3. The summed E-state index contributed by atoms with van der Waals surface area (Å²) >= 11 is 0. The highest BCUT2D eigenvalue weighted by Gasteiger charge is 2.46. The third-order valence-electron chi connectivity index (χ3n) is 8.49. The average molecular weight is 471 g/mol. The molecule has 6 rings (SSSR count). The molecule has 3 heteroatoms. The smallest absolute Gasteiger partial charge is 0.123 e. The Morgan fingerprint density at radius 1 is 1.06 bits per heavy atom. The zero-order valence-electron chi connectivity index (χ0n) is 22.0. The van der Waals surface area contributed by atoms with Crippen molar-refractivity contribution in [1.29, 1.82) is 0 Å². The predicted molar refractivity (Wildman–Crippen MR) is 146 cm³/mol. The molecule has 186 valence electrons. The Bertz CT molecular complexity index is 1060. The lowest BCUT2D eigenvalue weighted by Crippen LogP contribution is -2.64. The number of methoxy groups -OCH3 is 1. The number of nitrogens with one attached hydrogen (secondary N) is 1. The number of fused-ring (bicyclic) bond motifs is 3. The average Bonchev–Trinajstić information content (AvgIpc) is 2.89. The Kier molecular flexibility index (Phi) is 7.18. The van der Waals surface area contributed by atoms with Crippen LogP contribution >= 0.6 is 0 Å². The molecule has 0 spiro atoms. The van der Waals surface area contributed by atoms with Crippen LogP contribution in [0.15, 0.2) is 72.3 Å². The largest absolute Gasteiger partial charge is 0.496 e. The molecule has 3 nitrogen and oxygen atoms in total. The first-order chi connectivity index (χ1) is 17.0. The molecule has 35 heavy (non-hydrogen) atoms. The lowest BCUT2D eigenvalue weighted by Gasteiger charge is -2.54. The molecule has 2 aromatic carbocycles. The van der Waals surface area contributed by atoms with Crippen LogP contribution < -0.4 is 10.1 Å². The van der Waals surface area contributed by atoms with Crippen molar-refractivity contribution in [3.05, 3.63) is 89.0 Å². The summed E-state index contributed by atoms with van der Waals surface area (Å²) in [6.45, 7) is 10.1. The van der Waals surface area contributed by atoms with Crippen LogP contribution in [-0.4, -0.2) is 37.2 Å². The fourth-order valence-corrected chi connectivity index (χ4v) is 6.57. The van der Waals surface area contributed by atoms with Crippen molar-refractivity contribution >= 4 is 0 Å². The molecule has 3 atom stereocenters. The fraction of sp³-hybridized carbons (Fsp3) is 0.500. The fourth-order valence-electron chi connectivity index (χ4n) is 6.57. The van der Waals surface area contributed by atoms with E-state index in [1.165, 1.54) is 49.0 Å². The minimum absolute atomic E-state index is 0.124. The van der Waals surface area contributed by atoms with Gasteiger partial charge in [0, 0.05) is 30.1 Å². The Balaban J connectivity index is 1.47. The van der Waals surface area contributed by atoms with E-state index in [-0.39, 0.29) is 5.41 Å². The highest BCUT2D eigenvalue weighted by molar-refractivity contribution is 5.40. The lowest BCUT2D eigenvalue weighted by atomic mass is 9.69. The third-order valence-corrected chi connectivity index (χ3v) is 8.49. The van der Waals surface area contributed by atoms with E-state index < -0.39 is 0 Å². The summed E-state index contributed by atoms with van der Waals surface area (Å²) in [7, 11) is 1.79. The van der Waals surface area contributed by atoms with Crippen LogP contribution in [0.1, 0.15) is 69.1 Å². The Morgan fingerprint density at radius 2 is 1.83 bits per heavy atom. The number of piperidine rings is 3. The van der Waals surface area contributed by atoms with Crippen LogP contribution in [0.5, 0.6) is 5.75 Å². The van der Waals surface area contributed by atoms with Gasteiger partial charge in [0.2, 0.25) is 0 Å². The number of hydrogen-bond donors (Lipinski definition) is 1. The quantitative estimate of drug-likeness (QED) is 0.493. The summed E-state index contributed by atoms with van der Waals surface area (Å²) in [5.41, 5.74) is 5.81. The minimum atomic E-state index is 0.124. The van der Waals surface area contributed by atoms with Crippen molar-refractivity contribution in [3.63, 3.8) is 0 Å². The van der Waals surface area contributed by atoms with Gasteiger partial charge in [-0.05, 0) is 67.3 Å². The van der Waals surface area contributed by atoms with E-state index in [9.17, 15) is 0 Å². The molecule has 0 aromatic heterocycles. The molecule has 3 unspecified atom stereocenters. The topological polar surface area (TPSA) is 24.5 Å². The van der Waals surface area contributed by atoms with Crippen molar-refractivity contribution in [1.82, 2.24) is 10.2 Å². The first-order valence-electron chi connectivity index (χ1n) is 13.5. The van der Waals surface area contributed by atoms with Crippen LogP contribution in [0.2, 0.25) is 0 Å². The van der Waals surface area contributed by atoms with E-state index in [0.29, 0.717) is 18.0 Å². The molecule has 0 radical (unpaired) electrons. The lowest BCUT2D eigenvalue weighted by molar-refractivity contribution is 0.00363. The van der Waals surface area contributed by atoms with Gasteiger partial charge in [-0.25, -0.2) is 0 Å². The van der Waals surface area contributed by atoms with Gasteiger partial charge in [0.05, 0.1) is 7.11 Å². The molecule has 2 aromatic rings. The van der Waals surface area contributed by atoms with Crippen LogP contribution in [0.25, 0.3) is 0 Å². The zero-order valence-corrected chi connectivity index (χ0v) is 22.0. The van der Waals surface area contributed by atoms with Gasteiger partial charge in [-0.2, -0.15) is 0 Å². The minimum Gasteiger partial charge on any atom is -0.496 e. The van der Waals surface area contributed by atoms with Crippen molar-refractivity contribution in [2.24, 2.45) is 5.92 Å². The Labute approximate surface area is 212 Å². The van der Waals surface area contributed by atoms with Crippen LogP contribution in [-0.2, 0) is 12.0 Å². The van der Waals surface area contributed by atoms with Gasteiger partial charge in [-0.15, -0.1) is 0 Å². The summed E-state index contributed by atoms with van der Waals surface area (Å²) in [6.07, 6.45) is 11.9. The predicted octanol–water partition coefficient (Wildman–Crippen LogP) is 6.61. The molecule has 3 saturated heterocycles. The van der Waals surface area contributed by atoms with Gasteiger partial charge < -0.3 is 10.1 Å². The molecule has 3 aliphatic heterocycles. The van der Waals surface area contributed by atoms with E-state index in [4.69, 9.17) is 4.74 Å². The summed E-state index contributed by atoms with van der Waals surface area (Å²) < 4.78 is 5.79. The van der Waals surface area contributed by atoms with E-state index >= 15 is 0 Å². The van der Waals surface area contributed by atoms with Gasteiger partial charge >= 0.3 is 0 Å². The van der Waals surface area contributed by atoms with Gasteiger partial charge in [0.25, 0.3) is 0 Å². The summed E-state index contributed by atoms with van der Waals surface area (Å²) in [5, 5.41) is 4.10. The van der Waals surface area contributed by atoms with E-state index in [0.717, 1.165) is 24.6 Å². The first-order valence-corrected chi connectivity index (χ1v) is 13.5. The maximum absolute atomic E-state index is 5.79. The maximum atomic E-state index is 5.79. The summed E-state index contributed by atoms with van der Waals surface area (Å²) in [4.78, 5) is 2.79. The van der Waals surface area contributed by atoms with Crippen molar-refractivity contribution < 1.29 is 4.74 Å². The number of benzene rings is 2. The molecular weight excluding hydrogens is 428 g/mol. The Morgan fingerprint density at radius 3 is 2.49 bits per heavy atom. The third kappa shape index (κ3) is 5.13. The molecule has 3 fully saturated rings. The van der Waals surface area contributed by atoms with Crippen molar-refractivity contribution in [3.8, 4) is 5.75 Å². The number of ether oxygens (including phenoxy) is 1. The molecule has 2 bridgehead atoms. The van der Waals surface area contributed by atoms with E-state index in [2.05, 4.69) is 97.7 Å². The molecule has 0 saturated carbocycles. The summed E-state index contributed by atoms with van der Waals surface area (Å²) in [5.74, 6) is 2.15. The second kappa shape index (κ2) is 10.3. The second-order valence-corrected chi connectivity index (χ2v) is 11.6. The standard InChI is InChI=1S/C32H42N2O/c1-32(2,3)27-15-16-28(35-4)26(21-27)22-33-30-25-17-19-34(20-18-25)31(30)29(23-11-7-5-8-12-23)24-13-9-6-10-14-24/h5-9,11-13,15-16,21,25,29-31,33H,10,14,17-20,22H2,1-4H3. The highest BCUT2D eigenvalue weighted by Crippen LogP contribution is 2.44. The van der Waals surface area contributed by atoms with Crippen LogP contribution in [0, 0.1) is 5.92 Å². The number of rotatable bonds is 7. The van der Waals surface area contributed by atoms with Gasteiger partial charge in [0.1, 0.15) is 5.75 Å². The summed E-state index contributed by atoms with van der Waals surface area (Å²) in [6, 6.07) is 18.9. The molecule has 0 amide bonds. The number of allylic oxidation sites excluding steroid dienone is 3. The van der Waals surface area contributed by atoms with E-state index in [1.54, 1.807) is 12.7 Å². The number of hydrogen-bond acceptors (Lipinski definition) is 3. The zero-order chi connectivity index (χ0) is 24.4. The monoisotopic (exact) mass is 470 g/mol. The van der Waals surface area contributed by atoms with Gasteiger partial charge in [-0.3, -0.25) is 4.90 Å². The molecule has 3 heterocycles. The maximum Gasteiger partial charge on any atom is 0.123 e. The second-order valence-electron chi connectivity index (χ2n) is 11.6. The molecule has 4 aliphatic rings. The molecule has 1 N–H and O–H groups in total. The van der Waals surface area contributed by atoms with Crippen molar-refractivity contribution in [2.75, 3.05) is 20.2 Å². The van der Waals surface area contributed by atoms with Crippen LogP contribution in [0.3, 0.4) is 0 Å². The van der Waals surface area contributed by atoms with Crippen LogP contribution in [0.4, 0.5) is 0 Å². The van der Waals surface area contributed by atoms with Gasteiger partial charge in [-0.1, -0.05) is 87.0 Å². The van der Waals surface area contributed by atoms with Crippen molar-refractivity contribution in [2.45, 2.75) is 76.4 Å². The molecular formula is C32H42N2O. The molecule has 1 aliphatic carbocycles. The van der Waals surface area contributed by atoms with E-state index in [1.807, 2.05) is 0 Å². The SMILES string of the molecule is COc1ccc(C(C)(C)C)cc1CNC1C2CCN(CC2)C1C(C1=CC=CCC1)c1ccccc1. The Hall–Kier alpha value is -2.36. The van der Waals surface area contributed by atoms with Gasteiger partial charge in [0.15, 0.2) is 0 Å². The number of nitrogens with zero attached hydrogens (tertiary/aromatic N) is 1.